The third-order valence-corrected chi connectivity index (χ3v) is 4.20. The van der Waals surface area contributed by atoms with Gasteiger partial charge in [0.25, 0.3) is 0 Å². The van der Waals surface area contributed by atoms with Crippen molar-refractivity contribution >= 4 is 27.1 Å². The number of rotatable bonds is 4. The molecule has 0 atom stereocenters. The van der Waals surface area contributed by atoms with Crippen LogP contribution in [0, 0.1) is 0 Å². The highest BCUT2D eigenvalue weighted by molar-refractivity contribution is 7.17. The van der Waals surface area contributed by atoms with Crippen molar-refractivity contribution in [2.24, 2.45) is 0 Å². The summed E-state index contributed by atoms with van der Waals surface area (Å²) in [6.07, 6.45) is 0. The quantitative estimate of drug-likeness (QED) is 0.707. The molecule has 0 aliphatic heterocycles. The van der Waals surface area contributed by atoms with Crippen LogP contribution in [0.3, 0.4) is 0 Å². The van der Waals surface area contributed by atoms with Gasteiger partial charge in [-0.1, -0.05) is 30.3 Å². The van der Waals surface area contributed by atoms with E-state index in [2.05, 4.69) is 47.1 Å². The Balaban J connectivity index is 1.65. The van der Waals surface area contributed by atoms with Crippen LogP contribution in [0.5, 0.6) is 0 Å². The molecule has 0 unspecified atom stereocenters. The van der Waals surface area contributed by atoms with Crippen LogP contribution in [0.25, 0.3) is 10.1 Å². The Morgan fingerprint density at radius 1 is 0.947 bits per heavy atom. The number of nitrogens with one attached hydrogen (secondary N) is 1. The molecule has 0 amide bonds. The predicted molar refractivity (Wildman–Crippen MR) is 83.2 cm³/mol. The summed E-state index contributed by atoms with van der Waals surface area (Å²) in [5.41, 5.74) is 9.12. The highest BCUT2D eigenvalue weighted by Crippen LogP contribution is 2.25. The number of benzene rings is 2. The van der Waals surface area contributed by atoms with Gasteiger partial charge in [0.05, 0.1) is 0 Å². The molecule has 3 heteroatoms. The molecule has 2 nitrogen and oxygen atoms in total. The van der Waals surface area contributed by atoms with Crippen LogP contribution in [-0.4, -0.2) is 0 Å². The Bertz CT molecular complexity index is 671. The van der Waals surface area contributed by atoms with Crippen molar-refractivity contribution in [1.82, 2.24) is 5.32 Å². The Labute approximate surface area is 116 Å². The van der Waals surface area contributed by atoms with Gasteiger partial charge < -0.3 is 11.1 Å². The van der Waals surface area contributed by atoms with Gasteiger partial charge in [-0.2, -0.15) is 0 Å². The molecule has 0 radical (unpaired) electrons. The van der Waals surface area contributed by atoms with Crippen molar-refractivity contribution in [3.05, 3.63) is 65.0 Å². The van der Waals surface area contributed by atoms with Crippen LogP contribution in [0.2, 0.25) is 0 Å². The molecule has 0 saturated heterocycles. The van der Waals surface area contributed by atoms with Gasteiger partial charge in [0.2, 0.25) is 0 Å². The Hall–Kier alpha value is -1.84. The molecule has 2 aromatic carbocycles. The fourth-order valence-electron chi connectivity index (χ4n) is 2.15. The van der Waals surface area contributed by atoms with E-state index < -0.39 is 0 Å². The van der Waals surface area contributed by atoms with E-state index in [0.717, 1.165) is 18.8 Å². The van der Waals surface area contributed by atoms with Crippen molar-refractivity contribution in [1.29, 1.82) is 0 Å². The fraction of sp³-hybridized carbons (Fsp3) is 0.125. The molecular formula is C16H16N2S. The largest absolute Gasteiger partial charge is 0.399 e. The Morgan fingerprint density at radius 3 is 2.58 bits per heavy atom. The smallest absolute Gasteiger partial charge is 0.0346 e. The summed E-state index contributed by atoms with van der Waals surface area (Å²) in [6, 6.07) is 16.6. The van der Waals surface area contributed by atoms with Crippen molar-refractivity contribution < 1.29 is 0 Å². The van der Waals surface area contributed by atoms with E-state index >= 15 is 0 Å². The first kappa shape index (κ1) is 12.2. The van der Waals surface area contributed by atoms with Gasteiger partial charge in [-0.3, -0.25) is 0 Å². The zero-order valence-electron chi connectivity index (χ0n) is 10.6. The average molecular weight is 268 g/mol. The first-order chi connectivity index (χ1) is 9.33. The van der Waals surface area contributed by atoms with Crippen molar-refractivity contribution in [3.8, 4) is 0 Å². The number of hydrogen-bond acceptors (Lipinski definition) is 3. The van der Waals surface area contributed by atoms with E-state index in [1.807, 2.05) is 12.1 Å². The molecule has 96 valence electrons. The lowest BCUT2D eigenvalue weighted by Crippen LogP contribution is -2.12. The molecule has 0 spiro atoms. The third kappa shape index (κ3) is 2.78. The van der Waals surface area contributed by atoms with E-state index in [1.54, 1.807) is 11.3 Å². The minimum Gasteiger partial charge on any atom is -0.399 e. The minimum absolute atomic E-state index is 0.813. The van der Waals surface area contributed by atoms with Crippen LogP contribution >= 0.6 is 11.3 Å². The van der Waals surface area contributed by atoms with E-state index in [4.69, 9.17) is 5.73 Å². The van der Waals surface area contributed by atoms with Gasteiger partial charge in [-0.15, -0.1) is 11.3 Å². The normalized spacial score (nSPS) is 10.9. The summed E-state index contributed by atoms with van der Waals surface area (Å²) < 4.78 is 1.35. The molecule has 0 bridgehead atoms. The van der Waals surface area contributed by atoms with Crippen LogP contribution in [0.15, 0.2) is 53.9 Å². The highest BCUT2D eigenvalue weighted by atomic mass is 32.1. The van der Waals surface area contributed by atoms with Gasteiger partial charge in [0.15, 0.2) is 0 Å². The summed E-state index contributed by atoms with van der Waals surface area (Å²) in [4.78, 5) is 0. The van der Waals surface area contributed by atoms with Gasteiger partial charge in [0, 0.05) is 23.5 Å². The number of thiophene rings is 1. The topological polar surface area (TPSA) is 38.0 Å². The Morgan fingerprint density at radius 2 is 1.74 bits per heavy atom. The van der Waals surface area contributed by atoms with E-state index in [-0.39, 0.29) is 0 Å². The molecule has 19 heavy (non-hydrogen) atoms. The number of nitrogen functional groups attached to an aromatic ring is 1. The lowest BCUT2D eigenvalue weighted by molar-refractivity contribution is 0.698. The summed E-state index contributed by atoms with van der Waals surface area (Å²) in [7, 11) is 0. The van der Waals surface area contributed by atoms with Gasteiger partial charge in [-0.25, -0.2) is 0 Å². The zero-order chi connectivity index (χ0) is 13.1. The van der Waals surface area contributed by atoms with Crippen molar-refractivity contribution in [3.63, 3.8) is 0 Å². The Kier molecular flexibility index (Phi) is 3.49. The van der Waals surface area contributed by atoms with E-state index in [1.165, 1.54) is 21.2 Å². The molecule has 1 aromatic heterocycles. The maximum absolute atomic E-state index is 5.68. The lowest BCUT2D eigenvalue weighted by atomic mass is 10.1. The maximum Gasteiger partial charge on any atom is 0.0346 e. The van der Waals surface area contributed by atoms with Gasteiger partial charge in [-0.05, 0) is 40.1 Å². The number of nitrogens with two attached hydrogens (primary N) is 1. The van der Waals surface area contributed by atoms with Crippen LogP contribution in [0.1, 0.15) is 11.1 Å². The summed E-state index contributed by atoms with van der Waals surface area (Å²) in [5, 5.41) is 7.08. The van der Waals surface area contributed by atoms with Crippen LogP contribution < -0.4 is 11.1 Å². The molecule has 0 aliphatic rings. The molecule has 3 rings (SSSR count). The van der Waals surface area contributed by atoms with E-state index in [0.29, 0.717) is 0 Å². The first-order valence-electron chi connectivity index (χ1n) is 6.33. The SMILES string of the molecule is Nc1ccc(CNCc2csc3ccccc23)cc1. The first-order valence-corrected chi connectivity index (χ1v) is 7.21. The monoisotopic (exact) mass is 268 g/mol. The van der Waals surface area contributed by atoms with Crippen molar-refractivity contribution in [2.75, 3.05) is 5.73 Å². The summed E-state index contributed by atoms with van der Waals surface area (Å²) >= 11 is 1.81. The molecule has 3 N–H and O–H groups in total. The number of hydrogen-bond donors (Lipinski definition) is 2. The highest BCUT2D eigenvalue weighted by Gasteiger charge is 2.02. The molecule has 1 heterocycles. The number of fused-ring (bicyclic) bond motifs is 1. The average Bonchev–Trinajstić information content (AvgIpc) is 2.85. The predicted octanol–water partition coefficient (Wildman–Crippen LogP) is 3.77. The van der Waals surface area contributed by atoms with Crippen molar-refractivity contribution in [2.45, 2.75) is 13.1 Å². The molecule has 0 saturated carbocycles. The standard InChI is InChI=1S/C16H16N2S/c17-14-7-5-12(6-8-14)9-18-10-13-11-19-16-4-2-1-3-15(13)16/h1-8,11,18H,9-10,17H2. The second kappa shape index (κ2) is 5.43. The molecular weight excluding hydrogens is 252 g/mol. The maximum atomic E-state index is 5.68. The third-order valence-electron chi connectivity index (χ3n) is 3.19. The number of anilines is 1. The fourth-order valence-corrected chi connectivity index (χ4v) is 3.11. The zero-order valence-corrected chi connectivity index (χ0v) is 11.4. The summed E-state index contributed by atoms with van der Waals surface area (Å²) in [6.45, 7) is 1.76. The second-order valence-electron chi connectivity index (χ2n) is 4.60. The van der Waals surface area contributed by atoms with E-state index in [9.17, 15) is 0 Å². The van der Waals surface area contributed by atoms with Crippen LogP contribution in [0.4, 0.5) is 5.69 Å². The van der Waals surface area contributed by atoms with Gasteiger partial charge >= 0.3 is 0 Å². The molecule has 0 fully saturated rings. The van der Waals surface area contributed by atoms with Crippen LogP contribution in [-0.2, 0) is 13.1 Å². The minimum atomic E-state index is 0.813. The molecule has 0 aliphatic carbocycles. The second-order valence-corrected chi connectivity index (χ2v) is 5.51. The molecule has 3 aromatic rings. The summed E-state index contributed by atoms with van der Waals surface area (Å²) in [5.74, 6) is 0. The van der Waals surface area contributed by atoms with Gasteiger partial charge in [0.1, 0.15) is 0 Å². The lowest BCUT2D eigenvalue weighted by Gasteiger charge is -2.05.